The third-order valence-corrected chi connectivity index (χ3v) is 3.69. The summed E-state index contributed by atoms with van der Waals surface area (Å²) in [6, 6.07) is 5.96. The summed E-state index contributed by atoms with van der Waals surface area (Å²) in [5, 5.41) is 7.42. The minimum absolute atomic E-state index is 0.311. The Morgan fingerprint density at radius 2 is 2.05 bits per heavy atom. The van der Waals surface area contributed by atoms with Gasteiger partial charge in [-0.15, -0.1) is 0 Å². The summed E-state index contributed by atoms with van der Waals surface area (Å²) in [4.78, 5) is 2.19. The maximum atomic E-state index is 5.40. The van der Waals surface area contributed by atoms with Crippen molar-refractivity contribution in [1.82, 2.24) is 15.5 Å². The Morgan fingerprint density at radius 1 is 1.26 bits per heavy atom. The van der Waals surface area contributed by atoms with E-state index in [2.05, 4.69) is 15.5 Å². The molecule has 0 spiro atoms. The first-order chi connectivity index (χ1) is 9.33. The number of thiocarbonyl (C=S) groups is 1. The van der Waals surface area contributed by atoms with Crippen molar-refractivity contribution in [3.05, 3.63) is 23.8 Å². The molecule has 2 aliphatic rings. The number of benzene rings is 1. The van der Waals surface area contributed by atoms with Gasteiger partial charge in [-0.05, 0) is 29.9 Å². The van der Waals surface area contributed by atoms with Crippen LogP contribution in [0.3, 0.4) is 0 Å². The van der Waals surface area contributed by atoms with Crippen molar-refractivity contribution in [3.8, 4) is 11.5 Å². The lowest BCUT2D eigenvalue weighted by atomic mass is 10.2. The molecule has 0 atom stereocenters. The highest BCUT2D eigenvalue weighted by Gasteiger charge is 2.15. The molecule has 0 amide bonds. The largest absolute Gasteiger partial charge is 0.454 e. The highest BCUT2D eigenvalue weighted by atomic mass is 32.1. The van der Waals surface area contributed by atoms with E-state index in [0.717, 1.165) is 48.4 Å². The van der Waals surface area contributed by atoms with Crippen LogP contribution >= 0.6 is 12.2 Å². The van der Waals surface area contributed by atoms with Crippen molar-refractivity contribution >= 4 is 17.3 Å². The van der Waals surface area contributed by atoms with E-state index in [-0.39, 0.29) is 0 Å². The summed E-state index contributed by atoms with van der Waals surface area (Å²) in [6.07, 6.45) is 0. The van der Waals surface area contributed by atoms with Crippen molar-refractivity contribution < 1.29 is 9.47 Å². The van der Waals surface area contributed by atoms with E-state index in [1.807, 2.05) is 18.2 Å². The lowest BCUT2D eigenvalue weighted by Gasteiger charge is -2.29. The number of nitrogens with one attached hydrogen (secondary N) is 2. The quantitative estimate of drug-likeness (QED) is 0.777. The molecule has 0 saturated carbocycles. The maximum Gasteiger partial charge on any atom is 0.231 e. The van der Waals surface area contributed by atoms with Crippen LogP contribution < -0.4 is 20.1 Å². The van der Waals surface area contributed by atoms with Gasteiger partial charge in [-0.25, -0.2) is 0 Å². The molecule has 1 saturated heterocycles. The average Bonchev–Trinajstić information content (AvgIpc) is 2.93. The van der Waals surface area contributed by atoms with Gasteiger partial charge in [0.25, 0.3) is 0 Å². The third-order valence-electron chi connectivity index (χ3n) is 3.28. The topological polar surface area (TPSA) is 45.8 Å². The molecule has 102 valence electrons. The monoisotopic (exact) mass is 279 g/mol. The lowest BCUT2D eigenvalue weighted by Crippen LogP contribution is -2.49. The molecule has 1 fully saturated rings. The Labute approximate surface area is 117 Å². The van der Waals surface area contributed by atoms with Gasteiger partial charge < -0.3 is 25.0 Å². The van der Waals surface area contributed by atoms with Gasteiger partial charge in [-0.1, -0.05) is 6.07 Å². The standard InChI is InChI=1S/C13H17N3O2S/c19-13(16-5-3-14-4-6-16)15-8-10-1-2-11-12(7-10)18-9-17-11/h1-2,7,14H,3-6,8-9H2,(H,15,19). The molecule has 1 aromatic rings. The first kappa shape index (κ1) is 12.5. The van der Waals surface area contributed by atoms with Crippen LogP contribution in [0.5, 0.6) is 11.5 Å². The molecule has 6 heteroatoms. The fourth-order valence-electron chi connectivity index (χ4n) is 2.21. The van der Waals surface area contributed by atoms with E-state index >= 15 is 0 Å². The molecule has 5 nitrogen and oxygen atoms in total. The van der Waals surface area contributed by atoms with Gasteiger partial charge in [0.2, 0.25) is 6.79 Å². The molecule has 1 aromatic carbocycles. The van der Waals surface area contributed by atoms with Crippen molar-refractivity contribution in [2.75, 3.05) is 33.0 Å². The smallest absolute Gasteiger partial charge is 0.231 e. The summed E-state index contributed by atoms with van der Waals surface area (Å²) in [7, 11) is 0. The molecular formula is C13H17N3O2S. The van der Waals surface area contributed by atoms with Gasteiger partial charge in [0.15, 0.2) is 16.6 Å². The van der Waals surface area contributed by atoms with E-state index in [4.69, 9.17) is 21.7 Å². The summed E-state index contributed by atoms with van der Waals surface area (Å²) < 4.78 is 10.7. The molecule has 0 aliphatic carbocycles. The number of hydrogen-bond acceptors (Lipinski definition) is 4. The zero-order chi connectivity index (χ0) is 13.1. The lowest BCUT2D eigenvalue weighted by molar-refractivity contribution is 0.174. The van der Waals surface area contributed by atoms with E-state index in [1.54, 1.807) is 0 Å². The van der Waals surface area contributed by atoms with Crippen LogP contribution in [-0.4, -0.2) is 43.0 Å². The SMILES string of the molecule is S=C(NCc1ccc2c(c1)OCO2)N1CCNCC1. The Morgan fingerprint density at radius 3 is 2.89 bits per heavy atom. The first-order valence-corrected chi connectivity index (χ1v) is 6.86. The second-order valence-corrected chi connectivity index (χ2v) is 4.97. The second-order valence-electron chi connectivity index (χ2n) is 4.58. The third kappa shape index (κ3) is 2.90. The number of nitrogens with zero attached hydrogens (tertiary/aromatic N) is 1. The Balaban J connectivity index is 1.55. The summed E-state index contributed by atoms with van der Waals surface area (Å²) >= 11 is 5.40. The number of rotatable bonds is 2. The zero-order valence-corrected chi connectivity index (χ0v) is 11.5. The van der Waals surface area contributed by atoms with Crippen LogP contribution in [0.25, 0.3) is 0 Å². The fraction of sp³-hybridized carbons (Fsp3) is 0.462. The Kier molecular flexibility index (Phi) is 3.70. The number of fused-ring (bicyclic) bond motifs is 1. The Bertz CT molecular complexity index is 475. The fourth-order valence-corrected chi connectivity index (χ4v) is 2.46. The van der Waals surface area contributed by atoms with Crippen molar-refractivity contribution in [1.29, 1.82) is 0 Å². The van der Waals surface area contributed by atoms with Crippen LogP contribution in [0.4, 0.5) is 0 Å². The second kappa shape index (κ2) is 5.63. The maximum absolute atomic E-state index is 5.40. The van der Waals surface area contributed by atoms with Gasteiger partial charge >= 0.3 is 0 Å². The van der Waals surface area contributed by atoms with Crippen molar-refractivity contribution in [2.24, 2.45) is 0 Å². The Hall–Kier alpha value is -1.53. The number of piperazine rings is 1. The van der Waals surface area contributed by atoms with Crippen LogP contribution in [-0.2, 0) is 6.54 Å². The highest BCUT2D eigenvalue weighted by Crippen LogP contribution is 2.32. The normalized spacial score (nSPS) is 17.4. The summed E-state index contributed by atoms with van der Waals surface area (Å²) in [6.45, 7) is 4.93. The summed E-state index contributed by atoms with van der Waals surface area (Å²) in [5.41, 5.74) is 1.14. The van der Waals surface area contributed by atoms with E-state index in [9.17, 15) is 0 Å². The molecule has 2 heterocycles. The number of ether oxygens (including phenoxy) is 2. The molecule has 0 bridgehead atoms. The van der Waals surface area contributed by atoms with Crippen molar-refractivity contribution in [2.45, 2.75) is 6.54 Å². The molecule has 0 unspecified atom stereocenters. The van der Waals surface area contributed by atoms with E-state index in [1.165, 1.54) is 0 Å². The van der Waals surface area contributed by atoms with Crippen molar-refractivity contribution in [3.63, 3.8) is 0 Å². The van der Waals surface area contributed by atoms with Gasteiger partial charge in [-0.2, -0.15) is 0 Å². The van der Waals surface area contributed by atoms with Gasteiger partial charge in [0.05, 0.1) is 0 Å². The molecular weight excluding hydrogens is 262 g/mol. The van der Waals surface area contributed by atoms with Crippen LogP contribution in [0.15, 0.2) is 18.2 Å². The van der Waals surface area contributed by atoms with Gasteiger partial charge in [-0.3, -0.25) is 0 Å². The van der Waals surface area contributed by atoms with E-state index < -0.39 is 0 Å². The first-order valence-electron chi connectivity index (χ1n) is 6.45. The molecule has 2 aliphatic heterocycles. The van der Waals surface area contributed by atoms with Crippen LogP contribution in [0.1, 0.15) is 5.56 Å². The van der Waals surface area contributed by atoms with Gasteiger partial charge in [0.1, 0.15) is 0 Å². The van der Waals surface area contributed by atoms with Crippen LogP contribution in [0.2, 0.25) is 0 Å². The average molecular weight is 279 g/mol. The molecule has 0 radical (unpaired) electrons. The molecule has 19 heavy (non-hydrogen) atoms. The van der Waals surface area contributed by atoms with Gasteiger partial charge in [0, 0.05) is 32.7 Å². The minimum Gasteiger partial charge on any atom is -0.454 e. The predicted molar refractivity (Wildman–Crippen MR) is 76.4 cm³/mol. The summed E-state index contributed by atoms with van der Waals surface area (Å²) in [5.74, 6) is 1.63. The highest BCUT2D eigenvalue weighted by molar-refractivity contribution is 7.80. The molecule has 2 N–H and O–H groups in total. The predicted octanol–water partition coefficient (Wildman–Crippen LogP) is 0.695. The molecule has 0 aromatic heterocycles. The zero-order valence-electron chi connectivity index (χ0n) is 10.6. The minimum atomic E-state index is 0.311. The number of hydrogen-bond donors (Lipinski definition) is 2. The van der Waals surface area contributed by atoms with Crippen LogP contribution in [0, 0.1) is 0 Å². The van der Waals surface area contributed by atoms with E-state index in [0.29, 0.717) is 13.3 Å². The molecule has 3 rings (SSSR count).